The molecule has 1 aromatic heterocycles. The van der Waals surface area contributed by atoms with Crippen LogP contribution in [0.25, 0.3) is 0 Å². The van der Waals surface area contributed by atoms with E-state index < -0.39 is 11.9 Å². The van der Waals surface area contributed by atoms with E-state index in [1.165, 1.54) is 10.9 Å². The second-order valence-electron chi connectivity index (χ2n) is 6.67. The van der Waals surface area contributed by atoms with Crippen molar-refractivity contribution >= 4 is 58.1 Å². The molecule has 0 aliphatic rings. The second-order valence-corrected chi connectivity index (χ2v) is 9.48. The van der Waals surface area contributed by atoms with Crippen molar-refractivity contribution in [1.82, 2.24) is 15.5 Å². The Bertz CT molecular complexity index is 816. The molecule has 2 amide bonds. The van der Waals surface area contributed by atoms with E-state index in [4.69, 9.17) is 23.2 Å². The second kappa shape index (κ2) is 11.8. The molecule has 0 saturated heterocycles. The minimum absolute atomic E-state index is 0.0709. The third-order valence-corrected chi connectivity index (χ3v) is 6.54. The molecule has 5 nitrogen and oxygen atoms in total. The molecule has 1 heterocycles. The van der Waals surface area contributed by atoms with Crippen LogP contribution in [-0.4, -0.2) is 55.4 Å². The van der Waals surface area contributed by atoms with Crippen LogP contribution in [-0.2, 0) is 4.79 Å². The van der Waals surface area contributed by atoms with E-state index in [1.54, 1.807) is 35.2 Å². The Kier molecular flexibility index (Phi) is 9.79. The highest BCUT2D eigenvalue weighted by molar-refractivity contribution is 7.98. The topological polar surface area (TPSA) is 61.4 Å². The molecule has 29 heavy (non-hydrogen) atoms. The lowest BCUT2D eigenvalue weighted by Gasteiger charge is -2.25. The van der Waals surface area contributed by atoms with Gasteiger partial charge in [0.25, 0.3) is 5.91 Å². The molecule has 2 aromatic rings. The van der Waals surface area contributed by atoms with Gasteiger partial charge in [-0.3, -0.25) is 9.59 Å². The van der Waals surface area contributed by atoms with Crippen LogP contribution in [0.4, 0.5) is 0 Å². The van der Waals surface area contributed by atoms with E-state index in [2.05, 4.69) is 21.6 Å². The number of hydrogen-bond donors (Lipinski definition) is 2. The molecule has 2 atom stereocenters. The first-order valence-electron chi connectivity index (χ1n) is 9.06. The summed E-state index contributed by atoms with van der Waals surface area (Å²) in [6.07, 6.45) is 2.49. The number of halogens is 2. The highest BCUT2D eigenvalue weighted by Crippen LogP contribution is 2.23. The van der Waals surface area contributed by atoms with Gasteiger partial charge in [-0.1, -0.05) is 29.3 Å². The SMILES string of the molecule is CSCC[C@@H](NC(=O)c1ccc(Cl)cc1Cl)C(=O)NC[C@@H](c1cccs1)N(C)C. The molecule has 2 N–H and O–H groups in total. The highest BCUT2D eigenvalue weighted by atomic mass is 35.5. The normalized spacial score (nSPS) is 13.2. The zero-order chi connectivity index (χ0) is 21.4. The van der Waals surface area contributed by atoms with Gasteiger partial charge in [0.15, 0.2) is 0 Å². The Labute approximate surface area is 190 Å². The summed E-state index contributed by atoms with van der Waals surface area (Å²) < 4.78 is 0. The number of rotatable bonds is 10. The summed E-state index contributed by atoms with van der Waals surface area (Å²) >= 11 is 15.3. The van der Waals surface area contributed by atoms with Gasteiger partial charge in [0.2, 0.25) is 5.91 Å². The fourth-order valence-corrected chi connectivity index (χ4v) is 4.64. The number of hydrogen-bond acceptors (Lipinski definition) is 5. The van der Waals surface area contributed by atoms with Crippen molar-refractivity contribution in [1.29, 1.82) is 0 Å². The van der Waals surface area contributed by atoms with Crippen molar-refractivity contribution in [2.45, 2.75) is 18.5 Å². The van der Waals surface area contributed by atoms with Crippen molar-refractivity contribution in [2.24, 2.45) is 0 Å². The van der Waals surface area contributed by atoms with Crippen molar-refractivity contribution in [3.05, 3.63) is 56.2 Å². The van der Waals surface area contributed by atoms with Crippen molar-refractivity contribution in [2.75, 3.05) is 32.6 Å². The summed E-state index contributed by atoms with van der Waals surface area (Å²) in [5, 5.41) is 8.53. The lowest BCUT2D eigenvalue weighted by molar-refractivity contribution is -0.123. The van der Waals surface area contributed by atoms with Crippen LogP contribution in [0, 0.1) is 0 Å². The molecule has 158 valence electrons. The predicted molar refractivity (Wildman–Crippen MR) is 124 cm³/mol. The molecule has 1 aromatic carbocycles. The Morgan fingerprint density at radius 1 is 1.24 bits per heavy atom. The molecular formula is C20H25Cl2N3O2S2. The summed E-state index contributed by atoms with van der Waals surface area (Å²) in [6, 6.07) is 8.14. The van der Waals surface area contributed by atoms with Crippen LogP contribution in [0.1, 0.15) is 27.7 Å². The van der Waals surface area contributed by atoms with Gasteiger partial charge in [-0.25, -0.2) is 0 Å². The van der Waals surface area contributed by atoms with E-state index in [9.17, 15) is 9.59 Å². The number of carbonyl (C=O) groups excluding carboxylic acids is 2. The van der Waals surface area contributed by atoms with E-state index in [0.717, 1.165) is 5.75 Å². The first kappa shape index (κ1) is 24.0. The fraction of sp³-hybridized carbons (Fsp3) is 0.400. The van der Waals surface area contributed by atoms with Gasteiger partial charge in [-0.2, -0.15) is 11.8 Å². The largest absolute Gasteiger partial charge is 0.352 e. The van der Waals surface area contributed by atoms with Crippen molar-refractivity contribution in [3.8, 4) is 0 Å². The number of amides is 2. The van der Waals surface area contributed by atoms with Gasteiger partial charge in [0.05, 0.1) is 16.6 Å². The van der Waals surface area contributed by atoms with Gasteiger partial charge in [-0.05, 0) is 62.2 Å². The molecule has 9 heteroatoms. The number of nitrogens with one attached hydrogen (secondary N) is 2. The lowest BCUT2D eigenvalue weighted by atomic mass is 10.1. The Hall–Kier alpha value is -1.25. The number of nitrogens with zero attached hydrogens (tertiary/aromatic N) is 1. The minimum atomic E-state index is -0.646. The number of thiophene rings is 1. The van der Waals surface area contributed by atoms with Crippen LogP contribution >= 0.6 is 46.3 Å². The lowest BCUT2D eigenvalue weighted by Crippen LogP contribution is -2.48. The summed E-state index contributed by atoms with van der Waals surface area (Å²) in [5.41, 5.74) is 0.294. The molecule has 2 rings (SSSR count). The zero-order valence-corrected chi connectivity index (χ0v) is 19.7. The van der Waals surface area contributed by atoms with E-state index in [1.807, 2.05) is 31.8 Å². The highest BCUT2D eigenvalue weighted by Gasteiger charge is 2.24. The molecule has 0 radical (unpaired) electrons. The third kappa shape index (κ3) is 7.19. The maximum absolute atomic E-state index is 12.8. The van der Waals surface area contributed by atoms with Crippen LogP contribution in [0.5, 0.6) is 0 Å². The van der Waals surface area contributed by atoms with Gasteiger partial charge in [0, 0.05) is 16.4 Å². The van der Waals surface area contributed by atoms with Crippen molar-refractivity contribution < 1.29 is 9.59 Å². The number of carbonyl (C=O) groups is 2. The number of thioether (sulfide) groups is 1. The van der Waals surface area contributed by atoms with Crippen LogP contribution in [0.2, 0.25) is 10.0 Å². The summed E-state index contributed by atoms with van der Waals surface area (Å²) in [4.78, 5) is 28.7. The summed E-state index contributed by atoms with van der Waals surface area (Å²) in [7, 11) is 3.96. The standard InChI is InChI=1S/C20H25Cl2N3O2S2/c1-25(2)17(18-5-4-9-29-18)12-23-20(27)16(8-10-28-3)24-19(26)14-7-6-13(21)11-15(14)22/h4-7,9,11,16-17H,8,10,12H2,1-3H3,(H,23,27)(H,24,26)/t16-,17+/m1/s1. The average Bonchev–Trinajstić information content (AvgIpc) is 3.18. The monoisotopic (exact) mass is 473 g/mol. The zero-order valence-electron chi connectivity index (χ0n) is 16.6. The Morgan fingerprint density at radius 3 is 2.59 bits per heavy atom. The number of likely N-dealkylation sites (N-methyl/N-ethyl adjacent to an activating group) is 1. The molecule has 0 aliphatic heterocycles. The molecule has 0 spiro atoms. The first-order chi connectivity index (χ1) is 13.8. The van der Waals surface area contributed by atoms with E-state index in [0.29, 0.717) is 23.6 Å². The third-order valence-electron chi connectivity index (χ3n) is 4.37. The van der Waals surface area contributed by atoms with Gasteiger partial charge >= 0.3 is 0 Å². The Morgan fingerprint density at radius 2 is 2.00 bits per heavy atom. The number of benzene rings is 1. The molecular weight excluding hydrogens is 449 g/mol. The van der Waals surface area contributed by atoms with Gasteiger partial charge in [-0.15, -0.1) is 11.3 Å². The minimum Gasteiger partial charge on any atom is -0.352 e. The van der Waals surface area contributed by atoms with E-state index in [-0.39, 0.29) is 17.0 Å². The fourth-order valence-electron chi connectivity index (χ4n) is 2.75. The molecule has 0 saturated carbocycles. The average molecular weight is 474 g/mol. The maximum atomic E-state index is 12.8. The predicted octanol–water partition coefficient (Wildman–Crippen LogP) is 4.33. The first-order valence-corrected chi connectivity index (χ1v) is 12.1. The van der Waals surface area contributed by atoms with E-state index >= 15 is 0 Å². The summed E-state index contributed by atoms with van der Waals surface area (Å²) in [6.45, 7) is 0.458. The molecule has 0 aliphatic carbocycles. The maximum Gasteiger partial charge on any atom is 0.253 e. The Balaban J connectivity index is 2.05. The van der Waals surface area contributed by atoms with Crippen molar-refractivity contribution in [3.63, 3.8) is 0 Å². The van der Waals surface area contributed by atoms with Gasteiger partial charge in [0.1, 0.15) is 6.04 Å². The van der Waals surface area contributed by atoms with Crippen LogP contribution < -0.4 is 10.6 Å². The molecule has 0 unspecified atom stereocenters. The molecule has 0 bridgehead atoms. The summed E-state index contributed by atoms with van der Waals surface area (Å²) in [5.74, 6) is 0.144. The molecule has 0 fully saturated rings. The van der Waals surface area contributed by atoms with Crippen LogP contribution in [0.15, 0.2) is 35.7 Å². The quantitative estimate of drug-likeness (QED) is 0.538. The smallest absolute Gasteiger partial charge is 0.253 e. The van der Waals surface area contributed by atoms with Crippen LogP contribution in [0.3, 0.4) is 0 Å². The van der Waals surface area contributed by atoms with Gasteiger partial charge < -0.3 is 15.5 Å².